The summed E-state index contributed by atoms with van der Waals surface area (Å²) in [5.74, 6) is 0.593. The van der Waals surface area contributed by atoms with E-state index in [2.05, 4.69) is 0 Å². The first-order chi connectivity index (χ1) is 15.9. The molecule has 168 valence electrons. The minimum absolute atomic E-state index is 0.135. The van der Waals surface area contributed by atoms with Gasteiger partial charge in [-0.3, -0.25) is 19.4 Å². The molecule has 3 aliphatic heterocycles. The summed E-state index contributed by atoms with van der Waals surface area (Å²) in [6.45, 7) is 0.688. The number of hydrogen-bond donors (Lipinski definition) is 0. The van der Waals surface area contributed by atoms with Gasteiger partial charge >= 0.3 is 0 Å². The molecule has 33 heavy (non-hydrogen) atoms. The van der Waals surface area contributed by atoms with E-state index in [9.17, 15) is 9.59 Å². The van der Waals surface area contributed by atoms with Gasteiger partial charge in [-0.2, -0.15) is 0 Å². The van der Waals surface area contributed by atoms with Crippen LogP contribution in [-0.4, -0.2) is 51.3 Å². The maximum Gasteiger partial charge on any atom is 0.254 e. The predicted molar refractivity (Wildman–Crippen MR) is 128 cm³/mol. The Labute approximate surface area is 200 Å². The zero-order valence-electron chi connectivity index (χ0n) is 18.1. The molecule has 3 aliphatic rings. The average molecular weight is 480 g/mol. The normalized spacial score (nSPS) is 29.3. The number of rotatable bonds is 3. The lowest BCUT2D eigenvalue weighted by Gasteiger charge is -2.41. The van der Waals surface area contributed by atoms with Crippen LogP contribution in [0.5, 0.6) is 0 Å². The van der Waals surface area contributed by atoms with Crippen LogP contribution < -0.4 is 4.90 Å². The van der Waals surface area contributed by atoms with E-state index in [0.717, 1.165) is 11.3 Å². The first-order valence-electron chi connectivity index (χ1n) is 10.6. The lowest BCUT2D eigenvalue weighted by molar-refractivity contribution is -0.139. The number of hydrogen-bond acceptors (Lipinski definition) is 7. The molecule has 2 saturated heterocycles. The SMILES string of the molecule is CN1C(=O)[C@]2(c3ccccc31)N(C)C[C@@H](c1ccco1)[C@@]21SC(=S)N(Cc2ccco2)C1=O. The minimum atomic E-state index is -1.22. The number of fused-ring (bicyclic) bond motifs is 3. The van der Waals surface area contributed by atoms with E-state index in [4.69, 9.17) is 21.1 Å². The third kappa shape index (κ3) is 2.42. The lowest BCUT2D eigenvalue weighted by atomic mass is 9.73. The Morgan fingerprint density at radius 3 is 2.52 bits per heavy atom. The van der Waals surface area contributed by atoms with Crippen molar-refractivity contribution in [2.24, 2.45) is 0 Å². The minimum Gasteiger partial charge on any atom is -0.469 e. The third-order valence-corrected chi connectivity index (χ3v) is 9.08. The van der Waals surface area contributed by atoms with Gasteiger partial charge in [0, 0.05) is 24.8 Å². The van der Waals surface area contributed by atoms with Gasteiger partial charge in [-0.15, -0.1) is 0 Å². The Balaban J connectivity index is 1.60. The first kappa shape index (κ1) is 20.7. The Bertz CT molecular complexity index is 1270. The highest BCUT2D eigenvalue weighted by atomic mass is 32.2. The number of likely N-dealkylation sites (tertiary alicyclic amines) is 1. The molecule has 2 aromatic heterocycles. The Morgan fingerprint density at radius 2 is 1.79 bits per heavy atom. The number of anilines is 1. The van der Waals surface area contributed by atoms with E-state index >= 15 is 0 Å². The van der Waals surface area contributed by atoms with E-state index in [1.54, 1.807) is 35.4 Å². The average Bonchev–Trinajstić information content (AvgIpc) is 3.62. The number of furan rings is 2. The number of para-hydroxylation sites is 1. The number of carbonyl (C=O) groups is 2. The topological polar surface area (TPSA) is 70.1 Å². The fourth-order valence-corrected chi connectivity index (χ4v) is 7.89. The molecule has 9 heteroatoms. The van der Waals surface area contributed by atoms with Gasteiger partial charge in [0.15, 0.2) is 5.54 Å². The van der Waals surface area contributed by atoms with Crippen molar-refractivity contribution in [1.82, 2.24) is 9.80 Å². The van der Waals surface area contributed by atoms with Crippen molar-refractivity contribution >= 4 is 45.8 Å². The van der Waals surface area contributed by atoms with Crippen molar-refractivity contribution in [3.63, 3.8) is 0 Å². The number of likely N-dealkylation sites (N-methyl/N-ethyl adjacent to an activating group) is 2. The maximum absolute atomic E-state index is 14.5. The van der Waals surface area contributed by atoms with Crippen molar-refractivity contribution in [2.75, 3.05) is 25.5 Å². The Hall–Kier alpha value is -2.88. The highest BCUT2D eigenvalue weighted by Crippen LogP contribution is 2.66. The highest BCUT2D eigenvalue weighted by Gasteiger charge is 2.79. The van der Waals surface area contributed by atoms with E-state index in [1.807, 2.05) is 54.4 Å². The molecular formula is C24H21N3O4S2. The quantitative estimate of drug-likeness (QED) is 0.532. The zero-order chi connectivity index (χ0) is 23.0. The molecule has 0 radical (unpaired) electrons. The number of nitrogens with zero attached hydrogens (tertiary/aromatic N) is 3. The molecule has 5 heterocycles. The molecular weight excluding hydrogens is 458 g/mol. The number of carbonyl (C=O) groups excluding carboxylic acids is 2. The largest absolute Gasteiger partial charge is 0.469 e. The second-order valence-electron chi connectivity index (χ2n) is 8.61. The van der Waals surface area contributed by atoms with Crippen LogP contribution in [0.3, 0.4) is 0 Å². The predicted octanol–water partition coefficient (Wildman–Crippen LogP) is 3.57. The van der Waals surface area contributed by atoms with Gasteiger partial charge in [-0.05, 0) is 37.4 Å². The summed E-state index contributed by atoms with van der Waals surface area (Å²) in [4.78, 5) is 33.9. The summed E-state index contributed by atoms with van der Waals surface area (Å²) in [6, 6.07) is 15.0. The van der Waals surface area contributed by atoms with Gasteiger partial charge in [0.1, 0.15) is 20.6 Å². The molecule has 6 rings (SSSR count). The standard InChI is InChI=1S/C24H21N3O4S2/c1-25-14-17(19-10-6-12-31-19)24(21(29)27(22(32)33-24)13-15-7-5-11-30-15)23(25)16-8-3-4-9-18(16)26(2)20(23)28/h3-12,17H,13-14H2,1-2H3/t17-,23-,24-/m0/s1. The van der Waals surface area contributed by atoms with Gasteiger partial charge in [0.25, 0.3) is 5.91 Å². The summed E-state index contributed by atoms with van der Waals surface area (Å²) in [5.41, 5.74) is 0.398. The van der Waals surface area contributed by atoms with E-state index in [0.29, 0.717) is 22.4 Å². The summed E-state index contributed by atoms with van der Waals surface area (Å²) < 4.78 is 10.6. The van der Waals surface area contributed by atoms with Crippen LogP contribution in [-0.2, 0) is 21.7 Å². The van der Waals surface area contributed by atoms with E-state index in [1.165, 1.54) is 11.8 Å². The third-order valence-electron chi connectivity index (χ3n) is 7.14. The summed E-state index contributed by atoms with van der Waals surface area (Å²) >= 11 is 7.06. The van der Waals surface area contributed by atoms with Crippen molar-refractivity contribution in [1.29, 1.82) is 0 Å². The molecule has 3 atom stereocenters. The van der Waals surface area contributed by atoms with Crippen LogP contribution in [0.15, 0.2) is 69.9 Å². The number of thiocarbonyl (C=S) groups is 1. The van der Waals surface area contributed by atoms with Gasteiger partial charge in [-0.25, -0.2) is 0 Å². The molecule has 3 aromatic rings. The van der Waals surface area contributed by atoms with Gasteiger partial charge in [-0.1, -0.05) is 42.2 Å². The fourth-order valence-electron chi connectivity index (χ4n) is 5.79. The van der Waals surface area contributed by atoms with Crippen LogP contribution in [0.2, 0.25) is 0 Å². The molecule has 2 amide bonds. The smallest absolute Gasteiger partial charge is 0.254 e. The number of thioether (sulfide) groups is 1. The van der Waals surface area contributed by atoms with E-state index < -0.39 is 10.3 Å². The summed E-state index contributed by atoms with van der Waals surface area (Å²) in [5, 5.41) is 0. The second-order valence-corrected chi connectivity index (χ2v) is 10.5. The molecule has 0 unspecified atom stereocenters. The van der Waals surface area contributed by atoms with Crippen molar-refractivity contribution in [2.45, 2.75) is 22.7 Å². The summed E-state index contributed by atoms with van der Waals surface area (Å²) in [6.07, 6.45) is 3.18. The van der Waals surface area contributed by atoms with Crippen molar-refractivity contribution in [3.05, 3.63) is 78.1 Å². The monoisotopic (exact) mass is 479 g/mol. The zero-order valence-corrected chi connectivity index (χ0v) is 19.7. The van der Waals surface area contributed by atoms with Gasteiger partial charge in [0.2, 0.25) is 5.91 Å². The molecule has 2 fully saturated rings. The van der Waals surface area contributed by atoms with Crippen LogP contribution in [0, 0.1) is 0 Å². The summed E-state index contributed by atoms with van der Waals surface area (Å²) in [7, 11) is 3.67. The van der Waals surface area contributed by atoms with Crippen molar-refractivity contribution in [3.8, 4) is 0 Å². The molecule has 7 nitrogen and oxygen atoms in total. The molecule has 2 spiro atoms. The molecule has 0 N–H and O–H groups in total. The second kappa shape index (κ2) is 7.06. The lowest BCUT2D eigenvalue weighted by Crippen LogP contribution is -2.62. The maximum atomic E-state index is 14.5. The van der Waals surface area contributed by atoms with Gasteiger partial charge < -0.3 is 13.7 Å². The highest BCUT2D eigenvalue weighted by molar-refractivity contribution is 8.25. The van der Waals surface area contributed by atoms with Gasteiger partial charge in [0.05, 0.1) is 25.0 Å². The molecule has 0 saturated carbocycles. The van der Waals surface area contributed by atoms with Crippen LogP contribution in [0.4, 0.5) is 5.69 Å². The number of amides is 2. The van der Waals surface area contributed by atoms with E-state index in [-0.39, 0.29) is 24.3 Å². The Morgan fingerprint density at radius 1 is 1.03 bits per heavy atom. The molecule has 0 aliphatic carbocycles. The Kier molecular flexibility index (Phi) is 4.43. The molecule has 0 bridgehead atoms. The van der Waals surface area contributed by atoms with Crippen molar-refractivity contribution < 1.29 is 18.4 Å². The molecule has 1 aromatic carbocycles. The number of benzene rings is 1. The van der Waals surface area contributed by atoms with Crippen LogP contribution in [0.25, 0.3) is 0 Å². The van der Waals surface area contributed by atoms with Crippen LogP contribution >= 0.6 is 24.0 Å². The van der Waals surface area contributed by atoms with Crippen LogP contribution in [0.1, 0.15) is 23.0 Å². The fraction of sp³-hybridized carbons (Fsp3) is 0.292. The first-order valence-corrected chi connectivity index (χ1v) is 11.8.